The highest BCUT2D eigenvalue weighted by molar-refractivity contribution is 7.89. The number of nitrogens with zero attached hydrogens (tertiary/aromatic N) is 1. The molecule has 9 heteroatoms. The predicted molar refractivity (Wildman–Crippen MR) is 116 cm³/mol. The number of rotatable bonds is 8. The summed E-state index contributed by atoms with van der Waals surface area (Å²) >= 11 is 0. The number of likely N-dealkylation sites (tertiary alicyclic amines) is 1. The second kappa shape index (κ2) is 9.57. The van der Waals surface area contributed by atoms with Gasteiger partial charge in [0.05, 0.1) is 38.3 Å². The van der Waals surface area contributed by atoms with Crippen LogP contribution in [0.25, 0.3) is 0 Å². The summed E-state index contributed by atoms with van der Waals surface area (Å²) in [5.41, 5.74) is 0.845. The zero-order valence-corrected chi connectivity index (χ0v) is 18.9. The van der Waals surface area contributed by atoms with Crippen LogP contribution in [0.1, 0.15) is 31.4 Å². The van der Waals surface area contributed by atoms with Crippen molar-refractivity contribution in [3.63, 3.8) is 0 Å². The van der Waals surface area contributed by atoms with Crippen LogP contribution in [0.2, 0.25) is 0 Å². The molecule has 1 N–H and O–H groups in total. The van der Waals surface area contributed by atoms with E-state index in [4.69, 9.17) is 14.2 Å². The molecule has 1 saturated heterocycles. The summed E-state index contributed by atoms with van der Waals surface area (Å²) < 4.78 is 43.8. The lowest BCUT2D eigenvalue weighted by Crippen LogP contribution is -2.46. The molecule has 3 rings (SSSR count). The van der Waals surface area contributed by atoms with Gasteiger partial charge in [0.2, 0.25) is 15.9 Å². The van der Waals surface area contributed by atoms with E-state index in [1.807, 2.05) is 12.1 Å². The number of benzene rings is 2. The van der Waals surface area contributed by atoms with Gasteiger partial charge in [-0.25, -0.2) is 8.42 Å². The number of carbonyl (C=O) groups is 1. The van der Waals surface area contributed by atoms with Crippen LogP contribution in [-0.2, 0) is 14.8 Å². The third-order valence-electron chi connectivity index (χ3n) is 5.40. The van der Waals surface area contributed by atoms with Crippen molar-refractivity contribution in [2.75, 3.05) is 27.9 Å². The van der Waals surface area contributed by atoms with Crippen LogP contribution in [0.3, 0.4) is 0 Å². The molecule has 8 nitrogen and oxygen atoms in total. The van der Waals surface area contributed by atoms with Gasteiger partial charge in [0, 0.05) is 12.1 Å². The predicted octanol–water partition coefficient (Wildman–Crippen LogP) is 2.74. The maximum atomic E-state index is 13.2. The first-order valence-corrected chi connectivity index (χ1v) is 11.5. The van der Waals surface area contributed by atoms with Crippen molar-refractivity contribution in [1.29, 1.82) is 0 Å². The SMILES string of the molecule is COc1ccc(S(=O)(=O)N[C@@H](C)C(=O)N2CCCC2c2cc(OC)ccc2OC)cc1. The third kappa shape index (κ3) is 4.94. The van der Waals surface area contributed by atoms with Crippen LogP contribution >= 0.6 is 0 Å². The van der Waals surface area contributed by atoms with Gasteiger partial charge in [0.15, 0.2) is 0 Å². The molecule has 2 atom stereocenters. The minimum absolute atomic E-state index is 0.0698. The first-order valence-electron chi connectivity index (χ1n) is 9.99. The third-order valence-corrected chi connectivity index (χ3v) is 6.96. The first-order chi connectivity index (χ1) is 14.8. The highest BCUT2D eigenvalue weighted by atomic mass is 32.2. The van der Waals surface area contributed by atoms with E-state index < -0.39 is 16.1 Å². The normalized spacial score (nSPS) is 17.3. The summed E-state index contributed by atoms with van der Waals surface area (Å²) in [6.45, 7) is 2.10. The lowest BCUT2D eigenvalue weighted by Gasteiger charge is -2.29. The Morgan fingerprint density at radius 3 is 2.29 bits per heavy atom. The Hall–Kier alpha value is -2.78. The average Bonchev–Trinajstić information content (AvgIpc) is 3.27. The molecule has 0 bridgehead atoms. The van der Waals surface area contributed by atoms with Gasteiger partial charge in [-0.05, 0) is 62.2 Å². The van der Waals surface area contributed by atoms with Crippen LogP contribution < -0.4 is 18.9 Å². The Labute approximate surface area is 183 Å². The average molecular weight is 449 g/mol. The Balaban J connectivity index is 1.79. The Bertz CT molecular complexity index is 1020. The Kier molecular flexibility index (Phi) is 7.07. The zero-order chi connectivity index (χ0) is 22.6. The van der Waals surface area contributed by atoms with Gasteiger partial charge in [0.1, 0.15) is 17.2 Å². The van der Waals surface area contributed by atoms with E-state index in [0.29, 0.717) is 23.8 Å². The van der Waals surface area contributed by atoms with Gasteiger partial charge < -0.3 is 19.1 Å². The smallest absolute Gasteiger partial charge is 0.241 e. The second-order valence-electron chi connectivity index (χ2n) is 7.32. The van der Waals surface area contributed by atoms with Gasteiger partial charge in [-0.3, -0.25) is 4.79 Å². The minimum atomic E-state index is -3.86. The van der Waals surface area contributed by atoms with Crippen LogP contribution in [0.15, 0.2) is 47.4 Å². The van der Waals surface area contributed by atoms with Crippen molar-refractivity contribution in [2.45, 2.75) is 36.7 Å². The zero-order valence-electron chi connectivity index (χ0n) is 18.1. The van der Waals surface area contributed by atoms with Crippen LogP contribution in [0.4, 0.5) is 0 Å². The summed E-state index contributed by atoms with van der Waals surface area (Å²) in [7, 11) is 0.808. The lowest BCUT2D eigenvalue weighted by atomic mass is 10.0. The molecule has 2 aromatic carbocycles. The highest BCUT2D eigenvalue weighted by Gasteiger charge is 2.35. The molecule has 0 aliphatic carbocycles. The molecule has 1 heterocycles. The molecule has 1 aliphatic rings. The Morgan fingerprint density at radius 2 is 1.68 bits per heavy atom. The van der Waals surface area contributed by atoms with Gasteiger partial charge in [-0.2, -0.15) is 4.72 Å². The standard InChI is InChI=1S/C22H28N2O6S/c1-15(23-31(26,27)18-10-7-16(28-2)8-11-18)22(25)24-13-5-6-20(24)19-14-17(29-3)9-12-21(19)30-4/h7-12,14-15,20,23H,5-6,13H2,1-4H3/t15-,20?/m0/s1. The van der Waals surface area contributed by atoms with Gasteiger partial charge in [-0.15, -0.1) is 0 Å². The lowest BCUT2D eigenvalue weighted by molar-refractivity contribution is -0.133. The molecule has 0 aromatic heterocycles. The van der Waals surface area contributed by atoms with Crippen molar-refractivity contribution in [2.24, 2.45) is 0 Å². The van der Waals surface area contributed by atoms with Gasteiger partial charge in [-0.1, -0.05) is 0 Å². The summed E-state index contributed by atoms with van der Waals surface area (Å²) in [6, 6.07) is 10.3. The highest BCUT2D eigenvalue weighted by Crippen LogP contribution is 2.39. The molecule has 0 radical (unpaired) electrons. The van der Waals surface area contributed by atoms with Crippen LogP contribution in [-0.4, -0.2) is 53.1 Å². The summed E-state index contributed by atoms with van der Waals surface area (Å²) in [6.07, 6.45) is 1.57. The minimum Gasteiger partial charge on any atom is -0.497 e. The van der Waals surface area contributed by atoms with Crippen molar-refractivity contribution >= 4 is 15.9 Å². The molecule has 0 spiro atoms. The Morgan fingerprint density at radius 1 is 1.03 bits per heavy atom. The molecular weight excluding hydrogens is 420 g/mol. The molecule has 1 aliphatic heterocycles. The fourth-order valence-corrected chi connectivity index (χ4v) is 5.01. The number of hydrogen-bond donors (Lipinski definition) is 1. The maximum absolute atomic E-state index is 13.2. The molecule has 31 heavy (non-hydrogen) atoms. The van der Waals surface area contributed by atoms with Gasteiger partial charge >= 0.3 is 0 Å². The van der Waals surface area contributed by atoms with Crippen LogP contribution in [0, 0.1) is 0 Å². The molecule has 2 aromatic rings. The summed E-state index contributed by atoms with van der Waals surface area (Å²) in [5, 5.41) is 0. The fraction of sp³-hybridized carbons (Fsp3) is 0.409. The number of methoxy groups -OCH3 is 3. The second-order valence-corrected chi connectivity index (χ2v) is 9.03. The van der Waals surface area contributed by atoms with Crippen molar-refractivity contribution in [3.05, 3.63) is 48.0 Å². The monoisotopic (exact) mass is 448 g/mol. The van der Waals surface area contributed by atoms with E-state index in [1.165, 1.54) is 19.2 Å². The summed E-state index contributed by atoms with van der Waals surface area (Å²) in [5.74, 6) is 1.60. The number of sulfonamides is 1. The van der Waals surface area contributed by atoms with Crippen molar-refractivity contribution in [1.82, 2.24) is 9.62 Å². The van der Waals surface area contributed by atoms with E-state index in [0.717, 1.165) is 18.4 Å². The number of carbonyl (C=O) groups excluding carboxylic acids is 1. The first kappa shape index (κ1) is 22.9. The topological polar surface area (TPSA) is 94.2 Å². The molecule has 0 saturated carbocycles. The largest absolute Gasteiger partial charge is 0.497 e. The van der Waals surface area contributed by atoms with Gasteiger partial charge in [0.25, 0.3) is 0 Å². The number of nitrogens with one attached hydrogen (secondary N) is 1. The molecule has 1 unspecified atom stereocenters. The van der Waals surface area contributed by atoms with Crippen molar-refractivity contribution in [3.8, 4) is 17.2 Å². The van der Waals surface area contributed by atoms with E-state index in [1.54, 1.807) is 44.2 Å². The van der Waals surface area contributed by atoms with E-state index in [-0.39, 0.29) is 16.8 Å². The molecule has 168 valence electrons. The number of hydrogen-bond acceptors (Lipinski definition) is 6. The number of amides is 1. The van der Waals surface area contributed by atoms with E-state index in [9.17, 15) is 13.2 Å². The van der Waals surface area contributed by atoms with E-state index >= 15 is 0 Å². The van der Waals surface area contributed by atoms with E-state index in [2.05, 4.69) is 4.72 Å². The summed E-state index contributed by atoms with van der Waals surface area (Å²) in [4.78, 5) is 15.0. The molecule has 1 fully saturated rings. The fourth-order valence-electron chi connectivity index (χ4n) is 3.81. The molecule has 1 amide bonds. The number of ether oxygens (including phenoxy) is 3. The van der Waals surface area contributed by atoms with Crippen molar-refractivity contribution < 1.29 is 27.4 Å². The molecular formula is C22H28N2O6S. The maximum Gasteiger partial charge on any atom is 0.241 e. The quantitative estimate of drug-likeness (QED) is 0.667. The van der Waals surface area contributed by atoms with Crippen LogP contribution in [0.5, 0.6) is 17.2 Å².